The first-order valence-electron chi connectivity index (χ1n) is 7.88. The third kappa shape index (κ3) is 4.44. The third-order valence-electron chi connectivity index (χ3n) is 3.82. The second-order valence-corrected chi connectivity index (χ2v) is 6.01. The van der Waals surface area contributed by atoms with Crippen molar-refractivity contribution >= 4 is 23.5 Å². The number of carboxylic acids is 1. The van der Waals surface area contributed by atoms with E-state index in [4.69, 9.17) is 9.84 Å². The van der Waals surface area contributed by atoms with Crippen LogP contribution in [0.2, 0.25) is 0 Å². The molecule has 0 bridgehead atoms. The van der Waals surface area contributed by atoms with Gasteiger partial charge >= 0.3 is 11.9 Å². The van der Waals surface area contributed by atoms with Gasteiger partial charge in [-0.3, -0.25) is 9.59 Å². The number of aromatic carboxylic acids is 1. The Hall–Kier alpha value is -2.63. The van der Waals surface area contributed by atoms with Crippen LogP contribution in [-0.2, 0) is 14.3 Å². The van der Waals surface area contributed by atoms with Gasteiger partial charge in [0, 0.05) is 5.69 Å². The molecule has 1 amide bonds. The Balaban J connectivity index is 2.07. The van der Waals surface area contributed by atoms with Gasteiger partial charge in [0.05, 0.1) is 23.5 Å². The number of amides is 1. The quantitative estimate of drug-likeness (QED) is 0.639. The summed E-state index contributed by atoms with van der Waals surface area (Å²) in [6, 6.07) is 5.90. The standard InChI is InChI=1S/C18H21NO5/c1-11(2)24-18(23)15-6-4-3-5-14(15)16(20)19-13-9-7-12(8-10-13)17(21)22/h3-4,7-11,14-15H,5-6H2,1-2H3,(H,19,20)(H,21,22)/t14-,15+/m0/s1. The molecule has 0 radical (unpaired) electrons. The van der Waals surface area contributed by atoms with Crippen LogP contribution < -0.4 is 5.32 Å². The van der Waals surface area contributed by atoms with Crippen LogP contribution in [0.3, 0.4) is 0 Å². The summed E-state index contributed by atoms with van der Waals surface area (Å²) in [5.74, 6) is -2.67. The summed E-state index contributed by atoms with van der Waals surface area (Å²) >= 11 is 0. The van der Waals surface area contributed by atoms with Crippen LogP contribution in [-0.4, -0.2) is 29.1 Å². The van der Waals surface area contributed by atoms with Crippen LogP contribution in [0.15, 0.2) is 36.4 Å². The molecule has 0 unspecified atom stereocenters. The van der Waals surface area contributed by atoms with Crippen molar-refractivity contribution in [3.63, 3.8) is 0 Å². The molecule has 0 saturated heterocycles. The Labute approximate surface area is 140 Å². The fourth-order valence-corrected chi connectivity index (χ4v) is 2.62. The summed E-state index contributed by atoms with van der Waals surface area (Å²) in [6.07, 6.45) is 4.49. The second kappa shape index (κ2) is 7.77. The highest BCUT2D eigenvalue weighted by atomic mass is 16.5. The lowest BCUT2D eigenvalue weighted by Crippen LogP contribution is -2.36. The molecule has 6 heteroatoms. The van der Waals surface area contributed by atoms with Gasteiger partial charge in [0.2, 0.25) is 5.91 Å². The summed E-state index contributed by atoms with van der Waals surface area (Å²) in [5, 5.41) is 11.6. The smallest absolute Gasteiger partial charge is 0.335 e. The number of benzene rings is 1. The normalized spacial score (nSPS) is 19.8. The summed E-state index contributed by atoms with van der Waals surface area (Å²) in [4.78, 5) is 35.6. The molecule has 2 rings (SSSR count). The molecule has 24 heavy (non-hydrogen) atoms. The predicted octanol–water partition coefficient (Wildman–Crippen LogP) is 2.86. The van der Waals surface area contributed by atoms with E-state index in [9.17, 15) is 14.4 Å². The second-order valence-electron chi connectivity index (χ2n) is 6.01. The maximum atomic E-state index is 12.5. The number of nitrogens with one attached hydrogen (secondary N) is 1. The van der Waals surface area contributed by atoms with Crippen molar-refractivity contribution in [3.8, 4) is 0 Å². The molecule has 0 aliphatic heterocycles. The van der Waals surface area contributed by atoms with E-state index in [1.165, 1.54) is 24.3 Å². The van der Waals surface area contributed by atoms with Crippen LogP contribution in [0.1, 0.15) is 37.0 Å². The largest absolute Gasteiger partial charge is 0.478 e. The van der Waals surface area contributed by atoms with E-state index in [2.05, 4.69) is 5.32 Å². The van der Waals surface area contributed by atoms with Crippen LogP contribution >= 0.6 is 0 Å². The minimum atomic E-state index is -1.03. The predicted molar refractivity (Wildman–Crippen MR) is 88.6 cm³/mol. The maximum absolute atomic E-state index is 12.5. The van der Waals surface area contributed by atoms with Gasteiger partial charge in [0.15, 0.2) is 0 Å². The summed E-state index contributed by atoms with van der Waals surface area (Å²) in [5.41, 5.74) is 0.641. The van der Waals surface area contributed by atoms with E-state index in [0.717, 1.165) is 0 Å². The monoisotopic (exact) mass is 331 g/mol. The van der Waals surface area contributed by atoms with Crippen LogP contribution in [0.25, 0.3) is 0 Å². The number of ether oxygens (including phenoxy) is 1. The molecule has 1 aliphatic rings. The average Bonchev–Trinajstić information content (AvgIpc) is 2.54. The molecule has 1 aliphatic carbocycles. The fourth-order valence-electron chi connectivity index (χ4n) is 2.62. The first kappa shape index (κ1) is 17.7. The maximum Gasteiger partial charge on any atom is 0.335 e. The first-order chi connectivity index (χ1) is 11.4. The molecular formula is C18H21NO5. The number of allylic oxidation sites excluding steroid dienone is 2. The lowest BCUT2D eigenvalue weighted by Gasteiger charge is -2.26. The van der Waals surface area contributed by atoms with Gasteiger partial charge < -0.3 is 15.2 Å². The number of carbonyl (C=O) groups is 3. The average molecular weight is 331 g/mol. The van der Waals surface area contributed by atoms with Gasteiger partial charge in [0.1, 0.15) is 0 Å². The van der Waals surface area contributed by atoms with Gasteiger partial charge in [-0.15, -0.1) is 0 Å². The minimum Gasteiger partial charge on any atom is -0.478 e. The number of carboxylic acid groups (broad SMARTS) is 1. The van der Waals surface area contributed by atoms with Crippen LogP contribution in [0, 0.1) is 11.8 Å². The number of rotatable bonds is 5. The summed E-state index contributed by atoms with van der Waals surface area (Å²) < 4.78 is 5.24. The zero-order valence-corrected chi connectivity index (χ0v) is 13.7. The van der Waals surface area contributed by atoms with Crippen LogP contribution in [0.5, 0.6) is 0 Å². The van der Waals surface area contributed by atoms with Crippen molar-refractivity contribution in [1.29, 1.82) is 0 Å². The van der Waals surface area contributed by atoms with Gasteiger partial charge in [-0.1, -0.05) is 12.2 Å². The molecule has 0 spiro atoms. The first-order valence-corrected chi connectivity index (χ1v) is 7.88. The molecule has 0 aromatic heterocycles. The number of hydrogen-bond donors (Lipinski definition) is 2. The van der Waals surface area contributed by atoms with Gasteiger partial charge in [-0.2, -0.15) is 0 Å². The minimum absolute atomic E-state index is 0.145. The number of carbonyl (C=O) groups excluding carboxylic acids is 2. The zero-order chi connectivity index (χ0) is 17.7. The number of anilines is 1. The van der Waals surface area contributed by atoms with E-state index in [0.29, 0.717) is 18.5 Å². The van der Waals surface area contributed by atoms with Crippen molar-refractivity contribution in [2.24, 2.45) is 11.8 Å². The van der Waals surface area contributed by atoms with Gasteiger partial charge in [-0.25, -0.2) is 4.79 Å². The molecule has 2 N–H and O–H groups in total. The van der Waals surface area contributed by atoms with Crippen LogP contribution in [0.4, 0.5) is 5.69 Å². The Kier molecular flexibility index (Phi) is 5.73. The Morgan fingerprint density at radius 3 is 2.21 bits per heavy atom. The molecule has 1 aromatic carbocycles. The molecule has 128 valence electrons. The Bertz CT molecular complexity index is 648. The summed E-state index contributed by atoms with van der Waals surface area (Å²) in [6.45, 7) is 3.55. The highest BCUT2D eigenvalue weighted by Crippen LogP contribution is 2.28. The lowest BCUT2D eigenvalue weighted by molar-refractivity contribution is -0.156. The van der Waals surface area contributed by atoms with Gasteiger partial charge in [0.25, 0.3) is 0 Å². The fraction of sp³-hybridized carbons (Fsp3) is 0.389. The van der Waals surface area contributed by atoms with Crippen molar-refractivity contribution in [2.75, 3.05) is 5.32 Å². The highest BCUT2D eigenvalue weighted by molar-refractivity contribution is 5.96. The Morgan fingerprint density at radius 2 is 1.67 bits per heavy atom. The highest BCUT2D eigenvalue weighted by Gasteiger charge is 2.35. The molecule has 1 aromatic rings. The van der Waals surface area contributed by atoms with Gasteiger partial charge in [-0.05, 0) is 51.0 Å². The molecule has 0 fully saturated rings. The zero-order valence-electron chi connectivity index (χ0n) is 13.7. The van der Waals surface area contributed by atoms with E-state index < -0.39 is 17.8 Å². The van der Waals surface area contributed by atoms with E-state index in [-0.39, 0.29) is 23.5 Å². The topological polar surface area (TPSA) is 92.7 Å². The van der Waals surface area contributed by atoms with E-state index in [1.54, 1.807) is 13.8 Å². The Morgan fingerprint density at radius 1 is 1.08 bits per heavy atom. The lowest BCUT2D eigenvalue weighted by atomic mass is 9.82. The van der Waals surface area contributed by atoms with Crippen molar-refractivity contribution in [1.82, 2.24) is 0 Å². The van der Waals surface area contributed by atoms with Crippen molar-refractivity contribution in [2.45, 2.75) is 32.8 Å². The third-order valence-corrected chi connectivity index (χ3v) is 3.82. The molecule has 0 heterocycles. The molecule has 0 saturated carbocycles. The number of hydrogen-bond acceptors (Lipinski definition) is 4. The summed E-state index contributed by atoms with van der Waals surface area (Å²) in [7, 11) is 0. The SMILES string of the molecule is CC(C)OC(=O)[C@@H]1CC=CC[C@@H]1C(=O)Nc1ccc(C(=O)O)cc1. The molecule has 2 atom stereocenters. The van der Waals surface area contributed by atoms with E-state index in [1.807, 2.05) is 12.2 Å². The van der Waals surface area contributed by atoms with Crippen molar-refractivity contribution < 1.29 is 24.2 Å². The molecule has 6 nitrogen and oxygen atoms in total. The van der Waals surface area contributed by atoms with E-state index >= 15 is 0 Å². The van der Waals surface area contributed by atoms with Crippen molar-refractivity contribution in [3.05, 3.63) is 42.0 Å². The molecular weight excluding hydrogens is 310 g/mol. The number of esters is 1.